The minimum Gasteiger partial charge on any atom is -0.508 e. The maximum Gasteiger partial charge on any atom is 0.115 e. The summed E-state index contributed by atoms with van der Waals surface area (Å²) in [5.74, 6) is 3.13. The third kappa shape index (κ3) is 9.96. The molecular formula is C52H72O4. The zero-order valence-electron chi connectivity index (χ0n) is 36.4. The molecule has 0 heterocycles. The van der Waals surface area contributed by atoms with E-state index in [1.54, 1.807) is 24.3 Å². The van der Waals surface area contributed by atoms with E-state index in [2.05, 4.69) is 125 Å². The topological polar surface area (TPSA) is 80.9 Å². The first-order valence-corrected chi connectivity index (χ1v) is 21.1. The zero-order chi connectivity index (χ0) is 41.3. The number of benzene rings is 4. The van der Waals surface area contributed by atoms with Crippen LogP contribution in [0.2, 0.25) is 0 Å². The van der Waals surface area contributed by atoms with E-state index < -0.39 is 0 Å². The van der Waals surface area contributed by atoms with Crippen LogP contribution in [0.4, 0.5) is 0 Å². The van der Waals surface area contributed by atoms with Crippen molar-refractivity contribution in [2.45, 2.75) is 138 Å². The van der Waals surface area contributed by atoms with Crippen LogP contribution in [0.5, 0.6) is 23.0 Å². The second-order valence-electron chi connectivity index (χ2n) is 21.6. The summed E-state index contributed by atoms with van der Waals surface area (Å²) in [5.41, 5.74) is 6.02. The van der Waals surface area contributed by atoms with Crippen LogP contribution in [0.3, 0.4) is 0 Å². The molecule has 2 atom stereocenters. The summed E-state index contributed by atoms with van der Waals surface area (Å²) in [6.07, 6.45) is 9.23. The Morgan fingerprint density at radius 3 is 0.982 bits per heavy atom. The number of aromatic hydroxyl groups is 4. The van der Waals surface area contributed by atoms with Crippen LogP contribution in [-0.4, -0.2) is 20.4 Å². The fraction of sp³-hybridized carbons (Fsp3) is 0.538. The van der Waals surface area contributed by atoms with E-state index in [9.17, 15) is 20.4 Å². The number of hydrogen-bond acceptors (Lipinski definition) is 4. The number of phenolic OH excluding ortho intramolecular Hbond substituents is 4. The smallest absolute Gasteiger partial charge is 0.115 e. The molecule has 2 aliphatic carbocycles. The Labute approximate surface area is 339 Å². The van der Waals surface area contributed by atoms with Crippen molar-refractivity contribution >= 4 is 0 Å². The lowest BCUT2D eigenvalue weighted by Gasteiger charge is -2.52. The van der Waals surface area contributed by atoms with Crippen LogP contribution in [0.1, 0.15) is 150 Å². The van der Waals surface area contributed by atoms with Crippen molar-refractivity contribution in [1.82, 2.24) is 0 Å². The Morgan fingerprint density at radius 1 is 0.429 bits per heavy atom. The molecule has 2 fully saturated rings. The van der Waals surface area contributed by atoms with Gasteiger partial charge in [-0.25, -0.2) is 0 Å². The highest BCUT2D eigenvalue weighted by Gasteiger charge is 2.49. The molecule has 2 unspecified atom stereocenters. The summed E-state index contributed by atoms with van der Waals surface area (Å²) < 4.78 is 0. The molecule has 56 heavy (non-hydrogen) atoms. The maximum atomic E-state index is 9.88. The second kappa shape index (κ2) is 16.1. The average molecular weight is 761 g/mol. The maximum absolute atomic E-state index is 9.88. The van der Waals surface area contributed by atoms with Gasteiger partial charge in [0.05, 0.1) is 0 Å². The molecule has 304 valence electrons. The highest BCUT2D eigenvalue weighted by atomic mass is 16.3. The Morgan fingerprint density at radius 2 is 0.714 bits per heavy atom. The standard InChI is InChI=1S/2C26H36O2/c1-24(2,3)20-15-21(25(4,5)6)17-26(16-20,18-7-11-22(27)12-8-18)19-9-13-23(28)14-10-19;1-24(2,3)18-25(4,5)19-14-16-26(17-15-19,20-6-10-22(27)11-7-20)21-8-12-23(28)13-9-21/h7-14,20-21,27-28H,15-17H2,1-6H3;6-13,19,27-28H,14-18H2,1-5H3. The predicted octanol–water partition coefficient (Wildman–Crippen LogP) is 13.9. The molecule has 0 aromatic heterocycles. The molecule has 0 amide bonds. The molecule has 4 aromatic carbocycles. The SMILES string of the molecule is CC(C)(C)C1CC(C(C)(C)C)CC(c2ccc(O)cc2)(c2ccc(O)cc2)C1.CC(C)(C)CC(C)(C)C1CCC(c2ccc(O)cc2)(c2ccc(O)cc2)CC1. The summed E-state index contributed by atoms with van der Waals surface area (Å²) >= 11 is 0. The van der Waals surface area contributed by atoms with E-state index in [1.165, 1.54) is 47.9 Å². The molecule has 0 bridgehead atoms. The van der Waals surface area contributed by atoms with Crippen molar-refractivity contribution in [3.05, 3.63) is 119 Å². The van der Waals surface area contributed by atoms with Crippen LogP contribution in [-0.2, 0) is 10.8 Å². The molecule has 2 aliphatic rings. The van der Waals surface area contributed by atoms with Crippen molar-refractivity contribution in [3.8, 4) is 23.0 Å². The summed E-state index contributed by atoms with van der Waals surface area (Å²) in [6.45, 7) is 26.1. The molecule has 4 nitrogen and oxygen atoms in total. The molecule has 0 radical (unpaired) electrons. The van der Waals surface area contributed by atoms with E-state index >= 15 is 0 Å². The van der Waals surface area contributed by atoms with Gasteiger partial charge < -0.3 is 20.4 Å². The van der Waals surface area contributed by atoms with Crippen LogP contribution < -0.4 is 0 Å². The molecule has 4 heteroatoms. The van der Waals surface area contributed by atoms with E-state index in [4.69, 9.17) is 0 Å². The first-order chi connectivity index (χ1) is 25.9. The van der Waals surface area contributed by atoms with Gasteiger partial charge in [0, 0.05) is 10.8 Å². The number of hydrogen-bond donors (Lipinski definition) is 4. The van der Waals surface area contributed by atoms with Crippen molar-refractivity contribution in [1.29, 1.82) is 0 Å². The van der Waals surface area contributed by atoms with Gasteiger partial charge in [-0.3, -0.25) is 0 Å². The van der Waals surface area contributed by atoms with Gasteiger partial charge in [-0.2, -0.15) is 0 Å². The van der Waals surface area contributed by atoms with E-state index in [-0.39, 0.29) is 21.7 Å². The normalized spacial score (nSPS) is 20.5. The Bertz CT molecular complexity index is 1720. The number of phenols is 4. The quantitative estimate of drug-likeness (QED) is 0.158. The second-order valence-corrected chi connectivity index (χ2v) is 21.6. The van der Waals surface area contributed by atoms with Gasteiger partial charge in [0.2, 0.25) is 0 Å². The van der Waals surface area contributed by atoms with Gasteiger partial charge >= 0.3 is 0 Å². The molecule has 0 aliphatic heterocycles. The van der Waals surface area contributed by atoms with Gasteiger partial charge in [-0.1, -0.05) is 125 Å². The minimum absolute atomic E-state index is 0.0459. The molecule has 4 aromatic rings. The summed E-state index contributed by atoms with van der Waals surface area (Å²) in [6, 6.07) is 31.1. The lowest BCUT2D eigenvalue weighted by atomic mass is 9.52. The third-order valence-electron chi connectivity index (χ3n) is 13.8. The van der Waals surface area contributed by atoms with Gasteiger partial charge in [0.15, 0.2) is 0 Å². The minimum atomic E-state index is -0.116. The van der Waals surface area contributed by atoms with Crippen LogP contribution >= 0.6 is 0 Å². The van der Waals surface area contributed by atoms with Gasteiger partial charge in [-0.05, 0) is 162 Å². The van der Waals surface area contributed by atoms with Crippen molar-refractivity contribution in [2.75, 3.05) is 0 Å². The van der Waals surface area contributed by atoms with Gasteiger partial charge in [0.1, 0.15) is 23.0 Å². The van der Waals surface area contributed by atoms with Gasteiger partial charge in [-0.15, -0.1) is 0 Å². The number of rotatable bonds is 6. The summed E-state index contributed by atoms with van der Waals surface area (Å²) in [4.78, 5) is 0. The molecule has 0 saturated heterocycles. The summed E-state index contributed by atoms with van der Waals surface area (Å²) in [5, 5.41) is 39.3. The molecule has 0 spiro atoms. The fourth-order valence-electron chi connectivity index (χ4n) is 10.7. The molecular weight excluding hydrogens is 689 g/mol. The van der Waals surface area contributed by atoms with Crippen molar-refractivity contribution in [2.24, 2.45) is 39.4 Å². The Balaban J connectivity index is 0.000000214. The Kier molecular flexibility index (Phi) is 12.5. The molecule has 6 rings (SSSR count). The van der Waals surface area contributed by atoms with Crippen LogP contribution in [0.25, 0.3) is 0 Å². The van der Waals surface area contributed by atoms with Crippen molar-refractivity contribution < 1.29 is 20.4 Å². The lowest BCUT2D eigenvalue weighted by Crippen LogP contribution is -2.45. The first kappa shape index (κ1) is 43.2. The lowest BCUT2D eigenvalue weighted by molar-refractivity contribution is 0.0458. The highest BCUT2D eigenvalue weighted by molar-refractivity contribution is 5.45. The Hall–Kier alpha value is -3.92. The van der Waals surface area contributed by atoms with Gasteiger partial charge in [0.25, 0.3) is 0 Å². The predicted molar refractivity (Wildman–Crippen MR) is 234 cm³/mol. The van der Waals surface area contributed by atoms with Crippen molar-refractivity contribution in [3.63, 3.8) is 0 Å². The summed E-state index contributed by atoms with van der Waals surface area (Å²) in [7, 11) is 0. The van der Waals surface area contributed by atoms with E-state index in [1.807, 2.05) is 24.3 Å². The third-order valence-corrected chi connectivity index (χ3v) is 13.8. The largest absolute Gasteiger partial charge is 0.508 e. The van der Waals surface area contributed by atoms with E-state index in [0.717, 1.165) is 25.7 Å². The van der Waals surface area contributed by atoms with Crippen LogP contribution in [0, 0.1) is 39.4 Å². The first-order valence-electron chi connectivity index (χ1n) is 21.1. The fourth-order valence-corrected chi connectivity index (χ4v) is 10.7. The average Bonchev–Trinajstić information content (AvgIpc) is 3.11. The van der Waals surface area contributed by atoms with E-state index in [0.29, 0.717) is 51.6 Å². The highest BCUT2D eigenvalue weighted by Crippen LogP contribution is 2.57. The monoisotopic (exact) mass is 761 g/mol. The zero-order valence-corrected chi connectivity index (χ0v) is 36.4. The van der Waals surface area contributed by atoms with Crippen LogP contribution in [0.15, 0.2) is 97.1 Å². The molecule has 4 N–H and O–H groups in total. The molecule has 2 saturated carbocycles.